The van der Waals surface area contributed by atoms with Crippen LogP contribution in [0.15, 0.2) is 28.7 Å². The number of hydrogen-bond acceptors (Lipinski definition) is 5. The van der Waals surface area contributed by atoms with E-state index < -0.39 is 11.2 Å². The monoisotopic (exact) mass is 346 g/mol. The number of carbonyl (C=O) groups is 1. The van der Waals surface area contributed by atoms with Gasteiger partial charge in [-0.2, -0.15) is 0 Å². The summed E-state index contributed by atoms with van der Waals surface area (Å²) in [7, 11) is 0.282. The molecule has 0 bridgehead atoms. The molecule has 1 heterocycles. The molecular weight excluding hydrogens is 319 g/mol. The van der Waals surface area contributed by atoms with Gasteiger partial charge < -0.3 is 18.9 Å². The number of carbonyl (C=O) groups excluding carboxylic acids is 1. The molecule has 6 heteroatoms. The normalized spacial score (nSPS) is 12.4. The number of esters is 1. The Kier molecular flexibility index (Phi) is 5.96. The SMILES string of the molecule is CCOC(=O)CCc1ccc2oc(BOC(C)(C)C(C)(C)O)cc2c1. The molecule has 25 heavy (non-hydrogen) atoms. The molecule has 0 fully saturated rings. The van der Waals surface area contributed by atoms with Crippen LogP contribution in [0.25, 0.3) is 11.0 Å². The van der Waals surface area contributed by atoms with Crippen LogP contribution in [0.1, 0.15) is 46.6 Å². The smallest absolute Gasteiger partial charge is 0.351 e. The van der Waals surface area contributed by atoms with Crippen molar-refractivity contribution in [1.29, 1.82) is 0 Å². The molecule has 0 amide bonds. The standard InChI is InChI=1S/C19H27BO5/c1-6-23-17(21)10-8-13-7-9-15-14(11-13)12-16(24-15)20-25-19(4,5)18(2,3)22/h7,9,11-12,20,22H,6,8,10H2,1-5H3. The maximum atomic E-state index is 11.5. The van der Waals surface area contributed by atoms with Gasteiger partial charge in [0.15, 0.2) is 0 Å². The summed E-state index contributed by atoms with van der Waals surface area (Å²) in [5.74, 6) is -0.183. The number of furan rings is 1. The molecule has 0 atom stereocenters. The van der Waals surface area contributed by atoms with Crippen molar-refractivity contribution in [3.63, 3.8) is 0 Å². The van der Waals surface area contributed by atoms with Crippen molar-refractivity contribution < 1.29 is 23.7 Å². The van der Waals surface area contributed by atoms with Crippen LogP contribution < -0.4 is 5.66 Å². The number of benzene rings is 1. The fourth-order valence-electron chi connectivity index (χ4n) is 2.28. The lowest BCUT2D eigenvalue weighted by molar-refractivity contribution is -0.143. The predicted molar refractivity (Wildman–Crippen MR) is 99.4 cm³/mol. The minimum absolute atomic E-state index is 0.183. The molecule has 0 aliphatic heterocycles. The van der Waals surface area contributed by atoms with Crippen molar-refractivity contribution in [1.82, 2.24) is 0 Å². The molecule has 0 unspecified atom stereocenters. The Labute approximate surface area is 149 Å². The Morgan fingerprint density at radius 2 is 1.96 bits per heavy atom. The van der Waals surface area contributed by atoms with Crippen LogP contribution in [0.5, 0.6) is 0 Å². The first-order valence-corrected chi connectivity index (χ1v) is 8.65. The summed E-state index contributed by atoms with van der Waals surface area (Å²) in [5, 5.41) is 11.1. The second-order valence-electron chi connectivity index (χ2n) is 7.25. The van der Waals surface area contributed by atoms with Crippen LogP contribution >= 0.6 is 0 Å². The van der Waals surface area contributed by atoms with Gasteiger partial charge in [-0.25, -0.2) is 0 Å². The zero-order chi connectivity index (χ0) is 18.7. The molecule has 1 aromatic carbocycles. The molecule has 136 valence electrons. The fraction of sp³-hybridized carbons (Fsp3) is 0.526. The van der Waals surface area contributed by atoms with E-state index in [0.717, 1.165) is 16.5 Å². The first-order chi connectivity index (χ1) is 11.6. The Morgan fingerprint density at radius 3 is 2.60 bits per heavy atom. The lowest BCUT2D eigenvalue weighted by atomic mass is 9.85. The molecule has 1 N–H and O–H groups in total. The quantitative estimate of drug-likeness (QED) is 0.587. The van der Waals surface area contributed by atoms with Gasteiger partial charge in [-0.1, -0.05) is 6.07 Å². The van der Waals surface area contributed by atoms with Gasteiger partial charge in [-0.15, -0.1) is 0 Å². The van der Waals surface area contributed by atoms with Crippen LogP contribution in [-0.4, -0.2) is 36.4 Å². The third-order valence-electron chi connectivity index (χ3n) is 4.60. The number of rotatable bonds is 8. The lowest BCUT2D eigenvalue weighted by Crippen LogP contribution is -2.49. The summed E-state index contributed by atoms with van der Waals surface area (Å²) in [6.07, 6.45) is 1.00. The highest BCUT2D eigenvalue weighted by Gasteiger charge is 2.36. The van der Waals surface area contributed by atoms with Gasteiger partial charge in [0.1, 0.15) is 5.58 Å². The molecule has 0 saturated carbocycles. The number of fused-ring (bicyclic) bond motifs is 1. The number of ether oxygens (including phenoxy) is 1. The second kappa shape index (κ2) is 7.62. The van der Waals surface area contributed by atoms with Crippen LogP contribution in [0.4, 0.5) is 0 Å². The average molecular weight is 346 g/mol. The molecule has 0 saturated heterocycles. The highest BCUT2D eigenvalue weighted by atomic mass is 16.5. The van der Waals surface area contributed by atoms with E-state index in [4.69, 9.17) is 13.8 Å². The third-order valence-corrected chi connectivity index (χ3v) is 4.60. The Hall–Kier alpha value is -1.79. The van der Waals surface area contributed by atoms with E-state index in [9.17, 15) is 9.90 Å². The number of aliphatic hydroxyl groups is 1. The van der Waals surface area contributed by atoms with Gasteiger partial charge in [0.2, 0.25) is 0 Å². The number of hydrogen-bond donors (Lipinski definition) is 1. The van der Waals surface area contributed by atoms with Gasteiger partial charge in [0.05, 0.1) is 23.5 Å². The van der Waals surface area contributed by atoms with E-state index in [2.05, 4.69) is 0 Å². The largest absolute Gasteiger partial charge is 0.468 e. The predicted octanol–water partition coefficient (Wildman–Crippen LogP) is 2.47. The molecule has 0 radical (unpaired) electrons. The second-order valence-corrected chi connectivity index (χ2v) is 7.25. The average Bonchev–Trinajstić information content (AvgIpc) is 2.92. The van der Waals surface area contributed by atoms with Gasteiger partial charge in [-0.05, 0) is 64.8 Å². The zero-order valence-corrected chi connectivity index (χ0v) is 15.7. The lowest BCUT2D eigenvalue weighted by Gasteiger charge is -2.37. The van der Waals surface area contributed by atoms with Crippen molar-refractivity contribution in [2.75, 3.05) is 6.61 Å². The topological polar surface area (TPSA) is 68.9 Å². The molecule has 2 rings (SSSR count). The number of aryl methyl sites for hydroxylation is 1. The summed E-state index contributed by atoms with van der Waals surface area (Å²) in [4.78, 5) is 11.5. The van der Waals surface area contributed by atoms with Crippen LogP contribution in [0.3, 0.4) is 0 Å². The van der Waals surface area contributed by atoms with E-state index in [1.54, 1.807) is 20.8 Å². The maximum absolute atomic E-state index is 11.5. The van der Waals surface area contributed by atoms with Crippen molar-refractivity contribution in [3.8, 4) is 0 Å². The highest BCUT2D eigenvalue weighted by Crippen LogP contribution is 2.24. The van der Waals surface area contributed by atoms with Crippen molar-refractivity contribution >= 4 is 30.1 Å². The minimum atomic E-state index is -0.959. The van der Waals surface area contributed by atoms with Crippen LogP contribution in [0, 0.1) is 0 Å². The van der Waals surface area contributed by atoms with Crippen molar-refractivity contribution in [2.24, 2.45) is 0 Å². The minimum Gasteiger partial charge on any atom is -0.468 e. The summed E-state index contributed by atoms with van der Waals surface area (Å²) in [6, 6.07) is 7.81. The molecule has 1 aromatic heterocycles. The van der Waals surface area contributed by atoms with E-state index in [0.29, 0.717) is 25.1 Å². The van der Waals surface area contributed by atoms with Crippen molar-refractivity contribution in [2.45, 2.75) is 58.7 Å². The first-order valence-electron chi connectivity index (χ1n) is 8.65. The molecule has 2 aromatic rings. The Morgan fingerprint density at radius 1 is 1.24 bits per heavy atom. The van der Waals surface area contributed by atoms with E-state index >= 15 is 0 Å². The molecule has 0 aliphatic carbocycles. The summed E-state index contributed by atoms with van der Waals surface area (Å²) < 4.78 is 16.6. The summed E-state index contributed by atoms with van der Waals surface area (Å²) in [5.41, 5.74) is 0.885. The van der Waals surface area contributed by atoms with Crippen LogP contribution in [0.2, 0.25) is 0 Å². The third kappa shape index (κ3) is 5.09. The maximum Gasteiger partial charge on any atom is 0.351 e. The molecular formula is C19H27BO5. The van der Waals surface area contributed by atoms with E-state index in [1.165, 1.54) is 0 Å². The van der Waals surface area contributed by atoms with E-state index in [1.807, 2.05) is 38.1 Å². The zero-order valence-electron chi connectivity index (χ0n) is 15.7. The van der Waals surface area contributed by atoms with Gasteiger partial charge in [-0.3, -0.25) is 4.79 Å². The van der Waals surface area contributed by atoms with E-state index in [-0.39, 0.29) is 13.5 Å². The Bertz CT molecular complexity index is 727. The van der Waals surface area contributed by atoms with Crippen molar-refractivity contribution in [3.05, 3.63) is 29.8 Å². The summed E-state index contributed by atoms with van der Waals surface area (Å²) >= 11 is 0. The molecule has 0 spiro atoms. The van der Waals surface area contributed by atoms with Gasteiger partial charge >= 0.3 is 13.5 Å². The fourth-order valence-corrected chi connectivity index (χ4v) is 2.28. The van der Waals surface area contributed by atoms with Gasteiger partial charge in [0.25, 0.3) is 0 Å². The Balaban J connectivity index is 2.03. The summed E-state index contributed by atoms with van der Waals surface area (Å²) in [6.45, 7) is 9.36. The highest BCUT2D eigenvalue weighted by molar-refractivity contribution is 6.45. The first kappa shape index (κ1) is 19.5. The van der Waals surface area contributed by atoms with Gasteiger partial charge in [0, 0.05) is 11.8 Å². The molecule has 0 aliphatic rings. The van der Waals surface area contributed by atoms with Crippen LogP contribution in [-0.2, 0) is 20.6 Å². The molecule has 5 nitrogen and oxygen atoms in total.